The summed E-state index contributed by atoms with van der Waals surface area (Å²) in [6, 6.07) is 0. The summed E-state index contributed by atoms with van der Waals surface area (Å²) in [5.41, 5.74) is 0.959. The van der Waals surface area contributed by atoms with Crippen LogP contribution in [0.5, 0.6) is 0 Å². The maximum Gasteiger partial charge on any atom is 0.350 e. The standard InChI is InChI=1S/C9H15NO3/c1-3-5-7-6-8(13-10-7)9(11)12-4-2/h8H,3-6H2,1-2H3. The van der Waals surface area contributed by atoms with Crippen molar-refractivity contribution in [3.63, 3.8) is 0 Å². The first kappa shape index (κ1) is 10.0. The molecule has 0 fully saturated rings. The number of esters is 1. The van der Waals surface area contributed by atoms with Gasteiger partial charge in [0, 0.05) is 6.42 Å². The van der Waals surface area contributed by atoms with E-state index in [1.807, 2.05) is 0 Å². The summed E-state index contributed by atoms with van der Waals surface area (Å²) < 4.78 is 4.81. The summed E-state index contributed by atoms with van der Waals surface area (Å²) >= 11 is 0. The summed E-state index contributed by atoms with van der Waals surface area (Å²) in [6.07, 6.45) is 2.02. The third-order valence-corrected chi connectivity index (χ3v) is 1.82. The molecule has 0 spiro atoms. The van der Waals surface area contributed by atoms with Gasteiger partial charge in [-0.2, -0.15) is 0 Å². The zero-order valence-corrected chi connectivity index (χ0v) is 8.08. The van der Waals surface area contributed by atoms with Crippen LogP contribution in [0.2, 0.25) is 0 Å². The zero-order valence-electron chi connectivity index (χ0n) is 8.08. The lowest BCUT2D eigenvalue weighted by molar-refractivity contribution is -0.154. The Morgan fingerprint density at radius 3 is 3.08 bits per heavy atom. The zero-order chi connectivity index (χ0) is 9.68. The molecule has 0 bridgehead atoms. The van der Waals surface area contributed by atoms with Gasteiger partial charge in [0.2, 0.25) is 6.10 Å². The van der Waals surface area contributed by atoms with Crippen molar-refractivity contribution >= 4 is 11.7 Å². The van der Waals surface area contributed by atoms with Gasteiger partial charge in [0.25, 0.3) is 0 Å². The van der Waals surface area contributed by atoms with Crippen molar-refractivity contribution in [3.8, 4) is 0 Å². The number of hydrogen-bond acceptors (Lipinski definition) is 4. The van der Waals surface area contributed by atoms with Gasteiger partial charge >= 0.3 is 5.97 Å². The van der Waals surface area contributed by atoms with Crippen LogP contribution >= 0.6 is 0 Å². The molecular formula is C9H15NO3. The van der Waals surface area contributed by atoms with Gasteiger partial charge in [-0.1, -0.05) is 18.5 Å². The quantitative estimate of drug-likeness (QED) is 0.623. The Balaban J connectivity index is 2.32. The summed E-state index contributed by atoms with van der Waals surface area (Å²) in [7, 11) is 0. The molecule has 0 N–H and O–H groups in total. The molecule has 1 atom stereocenters. The molecular weight excluding hydrogens is 170 g/mol. The van der Waals surface area contributed by atoms with Crippen LogP contribution in [0.1, 0.15) is 33.1 Å². The van der Waals surface area contributed by atoms with Crippen LogP contribution < -0.4 is 0 Å². The number of oxime groups is 1. The minimum Gasteiger partial charge on any atom is -0.463 e. The molecule has 0 aromatic rings. The van der Waals surface area contributed by atoms with Crippen LogP contribution in [0.3, 0.4) is 0 Å². The minimum absolute atomic E-state index is 0.308. The van der Waals surface area contributed by atoms with Crippen LogP contribution in [-0.4, -0.2) is 24.4 Å². The van der Waals surface area contributed by atoms with Gasteiger partial charge in [0.15, 0.2) is 0 Å². The lowest BCUT2D eigenvalue weighted by Crippen LogP contribution is -2.23. The molecule has 0 amide bonds. The van der Waals surface area contributed by atoms with Crippen LogP contribution in [0, 0.1) is 0 Å². The number of carbonyl (C=O) groups is 1. The molecule has 0 aliphatic carbocycles. The fourth-order valence-electron chi connectivity index (χ4n) is 1.22. The molecule has 0 aromatic heterocycles. The van der Waals surface area contributed by atoms with E-state index in [-0.39, 0.29) is 5.97 Å². The summed E-state index contributed by atoms with van der Waals surface area (Å²) in [4.78, 5) is 16.1. The van der Waals surface area contributed by atoms with Crippen molar-refractivity contribution in [2.24, 2.45) is 5.16 Å². The van der Waals surface area contributed by atoms with Gasteiger partial charge in [0.05, 0.1) is 12.3 Å². The lowest BCUT2D eigenvalue weighted by Gasteiger charge is -2.05. The Morgan fingerprint density at radius 1 is 1.69 bits per heavy atom. The van der Waals surface area contributed by atoms with Gasteiger partial charge in [-0.05, 0) is 13.3 Å². The molecule has 13 heavy (non-hydrogen) atoms. The Hall–Kier alpha value is -1.06. The second kappa shape index (κ2) is 4.84. The molecule has 4 nitrogen and oxygen atoms in total. The molecule has 1 unspecified atom stereocenters. The van der Waals surface area contributed by atoms with Gasteiger partial charge in [-0.15, -0.1) is 0 Å². The highest BCUT2D eigenvalue weighted by Crippen LogP contribution is 2.14. The van der Waals surface area contributed by atoms with Crippen molar-refractivity contribution < 1.29 is 14.4 Å². The lowest BCUT2D eigenvalue weighted by atomic mass is 10.1. The number of carbonyl (C=O) groups excluding carboxylic acids is 1. The van der Waals surface area contributed by atoms with Crippen LogP contribution in [0.4, 0.5) is 0 Å². The smallest absolute Gasteiger partial charge is 0.350 e. The first-order chi connectivity index (χ1) is 6.27. The maximum atomic E-state index is 11.2. The molecule has 74 valence electrons. The Morgan fingerprint density at radius 2 is 2.46 bits per heavy atom. The summed E-state index contributed by atoms with van der Waals surface area (Å²) in [5, 5.41) is 3.83. The fraction of sp³-hybridized carbons (Fsp3) is 0.778. The minimum atomic E-state index is -0.499. The van der Waals surface area contributed by atoms with Crippen molar-refractivity contribution in [2.45, 2.75) is 39.2 Å². The fourth-order valence-corrected chi connectivity index (χ4v) is 1.22. The third-order valence-electron chi connectivity index (χ3n) is 1.82. The second-order valence-corrected chi connectivity index (χ2v) is 2.96. The van der Waals surface area contributed by atoms with Crippen molar-refractivity contribution in [1.82, 2.24) is 0 Å². The molecule has 1 aliphatic heterocycles. The van der Waals surface area contributed by atoms with E-state index in [9.17, 15) is 4.79 Å². The predicted octanol–water partition coefficient (Wildman–Crippen LogP) is 1.49. The van der Waals surface area contributed by atoms with Crippen LogP contribution in [0.25, 0.3) is 0 Å². The van der Waals surface area contributed by atoms with Gasteiger partial charge < -0.3 is 9.57 Å². The van der Waals surface area contributed by atoms with E-state index in [1.54, 1.807) is 6.92 Å². The van der Waals surface area contributed by atoms with E-state index >= 15 is 0 Å². The molecule has 0 saturated heterocycles. The molecule has 0 radical (unpaired) electrons. The van der Waals surface area contributed by atoms with E-state index in [0.717, 1.165) is 18.6 Å². The average molecular weight is 185 g/mol. The molecule has 1 aliphatic rings. The maximum absolute atomic E-state index is 11.2. The highest BCUT2D eigenvalue weighted by molar-refractivity contribution is 5.90. The van der Waals surface area contributed by atoms with Gasteiger partial charge in [-0.25, -0.2) is 4.79 Å². The van der Waals surface area contributed by atoms with Crippen LogP contribution in [0.15, 0.2) is 5.16 Å². The first-order valence-electron chi connectivity index (χ1n) is 4.66. The SMILES string of the molecule is CCCC1=NOC(C(=O)OCC)C1. The number of rotatable bonds is 4. The second-order valence-electron chi connectivity index (χ2n) is 2.96. The highest BCUT2D eigenvalue weighted by Gasteiger charge is 2.28. The largest absolute Gasteiger partial charge is 0.463 e. The average Bonchev–Trinajstić information content (AvgIpc) is 2.54. The van der Waals surface area contributed by atoms with E-state index in [0.29, 0.717) is 13.0 Å². The van der Waals surface area contributed by atoms with Crippen molar-refractivity contribution in [3.05, 3.63) is 0 Å². The Kier molecular flexibility index (Phi) is 3.73. The number of ether oxygens (including phenoxy) is 1. The van der Waals surface area contributed by atoms with E-state index in [2.05, 4.69) is 12.1 Å². The Bertz CT molecular complexity index is 213. The molecule has 1 heterocycles. The molecule has 1 rings (SSSR count). The summed E-state index contributed by atoms with van der Waals surface area (Å²) in [6.45, 7) is 4.24. The number of hydrogen-bond donors (Lipinski definition) is 0. The topological polar surface area (TPSA) is 47.9 Å². The third kappa shape index (κ3) is 2.72. The van der Waals surface area contributed by atoms with Crippen molar-refractivity contribution in [1.29, 1.82) is 0 Å². The summed E-state index contributed by atoms with van der Waals surface area (Å²) in [5.74, 6) is -0.308. The molecule has 4 heteroatoms. The molecule has 0 aromatic carbocycles. The first-order valence-corrected chi connectivity index (χ1v) is 4.66. The van der Waals surface area contributed by atoms with E-state index < -0.39 is 6.10 Å². The Labute approximate surface area is 77.9 Å². The van der Waals surface area contributed by atoms with Gasteiger partial charge in [0.1, 0.15) is 0 Å². The molecule has 0 saturated carbocycles. The van der Waals surface area contributed by atoms with Gasteiger partial charge in [-0.3, -0.25) is 0 Å². The number of nitrogens with zero attached hydrogens (tertiary/aromatic N) is 1. The van der Waals surface area contributed by atoms with Crippen molar-refractivity contribution in [2.75, 3.05) is 6.61 Å². The predicted molar refractivity (Wildman–Crippen MR) is 48.5 cm³/mol. The van der Waals surface area contributed by atoms with E-state index in [1.165, 1.54) is 0 Å². The van der Waals surface area contributed by atoms with Crippen LogP contribution in [-0.2, 0) is 14.4 Å². The highest BCUT2D eigenvalue weighted by atomic mass is 16.7. The van der Waals surface area contributed by atoms with E-state index in [4.69, 9.17) is 9.57 Å². The monoisotopic (exact) mass is 185 g/mol. The normalized spacial score (nSPS) is 20.8.